The third-order valence-electron chi connectivity index (χ3n) is 2.52. The maximum Gasteiger partial charge on any atom is 0.285 e. The zero-order chi connectivity index (χ0) is 11.0. The van der Waals surface area contributed by atoms with Crippen molar-refractivity contribution in [2.75, 3.05) is 0 Å². The Morgan fingerprint density at radius 1 is 1.47 bits per heavy atom. The van der Waals surface area contributed by atoms with Crippen molar-refractivity contribution in [3.63, 3.8) is 0 Å². The molecule has 1 aliphatic carbocycles. The van der Waals surface area contributed by atoms with Crippen molar-refractivity contribution in [3.8, 4) is 0 Å². The van der Waals surface area contributed by atoms with E-state index in [9.17, 15) is 20.1 Å². The monoisotopic (exact) mass is 209 g/mol. The lowest BCUT2D eigenvalue weighted by Gasteiger charge is -2.09. The van der Waals surface area contributed by atoms with Gasteiger partial charge in [-0.2, -0.15) is 0 Å². The molecule has 0 saturated heterocycles. The number of rotatable bonds is 1. The number of nitro groups is 1. The van der Waals surface area contributed by atoms with E-state index in [4.69, 9.17) is 0 Å². The Labute approximate surface area is 84.9 Å². The molecule has 1 aromatic heterocycles. The first kappa shape index (κ1) is 9.57. The SMILES string of the molecule is O=C1CCc2c(c([N+](=O)[O-])cc[n+]2O)C1. The Morgan fingerprint density at radius 2 is 2.20 bits per heavy atom. The maximum absolute atomic E-state index is 11.2. The van der Waals surface area contributed by atoms with Gasteiger partial charge in [-0.05, 0) is 0 Å². The van der Waals surface area contributed by atoms with E-state index in [1.165, 1.54) is 12.3 Å². The van der Waals surface area contributed by atoms with Crippen LogP contribution in [-0.2, 0) is 17.6 Å². The van der Waals surface area contributed by atoms with Crippen LogP contribution in [0.25, 0.3) is 0 Å². The lowest BCUT2D eigenvalue weighted by atomic mass is 9.94. The van der Waals surface area contributed by atoms with E-state index in [1.807, 2.05) is 0 Å². The van der Waals surface area contributed by atoms with E-state index in [1.54, 1.807) is 0 Å². The molecule has 0 fully saturated rings. The summed E-state index contributed by atoms with van der Waals surface area (Å²) in [5, 5.41) is 20.1. The fraction of sp³-hybridized carbons (Fsp3) is 0.333. The van der Waals surface area contributed by atoms with Gasteiger partial charge in [0, 0.05) is 24.0 Å². The van der Waals surface area contributed by atoms with Crippen molar-refractivity contribution in [2.45, 2.75) is 19.3 Å². The summed E-state index contributed by atoms with van der Waals surface area (Å²) in [6.45, 7) is 0. The third kappa shape index (κ3) is 1.54. The molecule has 0 aromatic carbocycles. The highest BCUT2D eigenvalue weighted by Crippen LogP contribution is 2.24. The molecule has 0 spiro atoms. The predicted octanol–water partition coefficient (Wildman–Crippen LogP) is 0.177. The van der Waals surface area contributed by atoms with Gasteiger partial charge in [-0.3, -0.25) is 20.1 Å². The molecule has 0 unspecified atom stereocenters. The van der Waals surface area contributed by atoms with Crippen LogP contribution in [0.1, 0.15) is 17.7 Å². The molecule has 15 heavy (non-hydrogen) atoms. The zero-order valence-corrected chi connectivity index (χ0v) is 7.84. The summed E-state index contributed by atoms with van der Waals surface area (Å²) >= 11 is 0. The van der Waals surface area contributed by atoms with Crippen molar-refractivity contribution in [3.05, 3.63) is 33.6 Å². The molecule has 0 atom stereocenters. The highest BCUT2D eigenvalue weighted by atomic mass is 16.6. The Kier molecular flexibility index (Phi) is 2.11. The summed E-state index contributed by atoms with van der Waals surface area (Å²) in [6.07, 6.45) is 1.95. The van der Waals surface area contributed by atoms with Gasteiger partial charge in [0.05, 0.1) is 11.0 Å². The van der Waals surface area contributed by atoms with Crippen molar-refractivity contribution in [1.82, 2.24) is 0 Å². The molecule has 0 saturated carbocycles. The van der Waals surface area contributed by atoms with E-state index in [-0.39, 0.29) is 17.9 Å². The topological polar surface area (TPSA) is 84.3 Å². The van der Waals surface area contributed by atoms with Crippen LogP contribution in [0.4, 0.5) is 5.69 Å². The molecule has 2 rings (SSSR count). The van der Waals surface area contributed by atoms with Crippen molar-refractivity contribution < 1.29 is 19.7 Å². The van der Waals surface area contributed by atoms with Gasteiger partial charge in [0.2, 0.25) is 11.9 Å². The number of aromatic nitrogens is 1. The molecule has 1 aromatic rings. The van der Waals surface area contributed by atoms with E-state index in [0.29, 0.717) is 24.1 Å². The highest BCUT2D eigenvalue weighted by Gasteiger charge is 2.32. The van der Waals surface area contributed by atoms with E-state index in [0.717, 1.165) is 4.73 Å². The number of ketones is 1. The van der Waals surface area contributed by atoms with Crippen LogP contribution in [0, 0.1) is 10.1 Å². The molecular formula is C9H9N2O4+. The Hall–Kier alpha value is -1.98. The van der Waals surface area contributed by atoms with Crippen molar-refractivity contribution >= 4 is 11.5 Å². The van der Waals surface area contributed by atoms with E-state index >= 15 is 0 Å². The molecule has 6 nitrogen and oxygen atoms in total. The minimum atomic E-state index is -0.530. The average molecular weight is 209 g/mol. The Balaban J connectivity index is 2.61. The average Bonchev–Trinajstić information content (AvgIpc) is 2.17. The summed E-state index contributed by atoms with van der Waals surface area (Å²) in [4.78, 5) is 21.4. The van der Waals surface area contributed by atoms with Gasteiger partial charge in [0.1, 0.15) is 11.3 Å². The van der Waals surface area contributed by atoms with Gasteiger partial charge < -0.3 is 0 Å². The molecule has 1 aliphatic rings. The van der Waals surface area contributed by atoms with Gasteiger partial charge in [-0.15, -0.1) is 0 Å². The van der Waals surface area contributed by atoms with Crippen LogP contribution in [0.2, 0.25) is 0 Å². The molecule has 1 N–H and O–H groups in total. The zero-order valence-electron chi connectivity index (χ0n) is 7.84. The Morgan fingerprint density at radius 3 is 2.87 bits per heavy atom. The maximum atomic E-state index is 11.2. The van der Waals surface area contributed by atoms with Gasteiger partial charge in [-0.25, -0.2) is 0 Å². The van der Waals surface area contributed by atoms with Gasteiger partial charge in [0.25, 0.3) is 5.69 Å². The second-order valence-electron chi connectivity index (χ2n) is 3.44. The molecule has 6 heteroatoms. The largest absolute Gasteiger partial charge is 0.299 e. The minimum absolute atomic E-state index is 0.0307. The van der Waals surface area contributed by atoms with Crippen LogP contribution >= 0.6 is 0 Å². The summed E-state index contributed by atoms with van der Waals surface area (Å²) in [5.41, 5.74) is 0.702. The fourth-order valence-electron chi connectivity index (χ4n) is 1.79. The lowest BCUT2D eigenvalue weighted by Crippen LogP contribution is -2.39. The second kappa shape index (κ2) is 3.30. The second-order valence-corrected chi connectivity index (χ2v) is 3.44. The number of Topliss-reactive ketones (excluding diaryl/α,β-unsaturated/α-hetero) is 1. The number of pyridine rings is 1. The summed E-state index contributed by atoms with van der Waals surface area (Å²) < 4.78 is 0.856. The van der Waals surface area contributed by atoms with Crippen LogP contribution in [0.3, 0.4) is 0 Å². The standard InChI is InChI=1S/C9H9N2O4/c12-6-1-2-8-7(5-6)9(11(14)15)3-4-10(8)13/h3-4,13H,1-2,5H2/q+1. The summed E-state index contributed by atoms with van der Waals surface area (Å²) in [7, 11) is 0. The first-order valence-corrected chi connectivity index (χ1v) is 4.51. The van der Waals surface area contributed by atoms with Crippen LogP contribution in [0.15, 0.2) is 12.3 Å². The number of hydrogen-bond donors (Lipinski definition) is 1. The van der Waals surface area contributed by atoms with E-state index < -0.39 is 4.92 Å². The minimum Gasteiger partial charge on any atom is -0.299 e. The highest BCUT2D eigenvalue weighted by molar-refractivity contribution is 5.83. The third-order valence-corrected chi connectivity index (χ3v) is 2.52. The quantitative estimate of drug-likeness (QED) is 0.309. The lowest BCUT2D eigenvalue weighted by molar-refractivity contribution is -0.910. The number of carbonyl (C=O) groups is 1. The Bertz CT molecular complexity index is 456. The van der Waals surface area contributed by atoms with E-state index in [2.05, 4.69) is 0 Å². The van der Waals surface area contributed by atoms with Crippen LogP contribution in [0.5, 0.6) is 0 Å². The van der Waals surface area contributed by atoms with Gasteiger partial charge in [0.15, 0.2) is 0 Å². The predicted molar refractivity (Wildman–Crippen MR) is 47.5 cm³/mol. The summed E-state index contributed by atoms with van der Waals surface area (Å²) in [6, 6.07) is 1.21. The molecule has 0 bridgehead atoms. The molecule has 1 heterocycles. The smallest absolute Gasteiger partial charge is 0.285 e. The molecule has 78 valence electrons. The molecule has 0 aliphatic heterocycles. The van der Waals surface area contributed by atoms with Gasteiger partial charge >= 0.3 is 0 Å². The fourth-order valence-corrected chi connectivity index (χ4v) is 1.79. The number of nitrogens with zero attached hydrogens (tertiary/aromatic N) is 2. The number of hydrogen-bond acceptors (Lipinski definition) is 4. The van der Waals surface area contributed by atoms with Crippen molar-refractivity contribution in [1.29, 1.82) is 0 Å². The number of fused-ring (bicyclic) bond motifs is 1. The van der Waals surface area contributed by atoms with Gasteiger partial charge in [-0.1, -0.05) is 0 Å². The van der Waals surface area contributed by atoms with Crippen molar-refractivity contribution in [2.24, 2.45) is 0 Å². The van der Waals surface area contributed by atoms with Crippen LogP contribution in [-0.4, -0.2) is 15.9 Å². The first-order chi connectivity index (χ1) is 7.09. The summed E-state index contributed by atoms with van der Waals surface area (Å²) in [5.74, 6) is -0.0307. The number of carbonyl (C=O) groups excluding carboxylic acids is 1. The van der Waals surface area contributed by atoms with Crippen LogP contribution < -0.4 is 4.73 Å². The molecule has 0 amide bonds. The molecular weight excluding hydrogens is 200 g/mol. The normalized spacial score (nSPS) is 14.8. The first-order valence-electron chi connectivity index (χ1n) is 4.51. The molecule has 0 radical (unpaired) electrons.